The van der Waals surface area contributed by atoms with Crippen LogP contribution in [-0.2, 0) is 9.09 Å². The lowest BCUT2D eigenvalue weighted by molar-refractivity contribution is 0.410. The minimum absolute atomic E-state index is 0.0857. The molecule has 0 spiro atoms. The maximum Gasteiger partial charge on any atom is 0.202 e. The number of rotatable bonds is 2. The topological polar surface area (TPSA) is 26.3 Å². The second-order valence-corrected chi connectivity index (χ2v) is 5.75. The molecule has 1 aliphatic rings. The molecule has 1 aliphatic carbocycles. The van der Waals surface area contributed by atoms with Gasteiger partial charge < -0.3 is 4.52 Å². The smallest absolute Gasteiger partial charge is 0.202 e. The van der Waals surface area contributed by atoms with Gasteiger partial charge in [0.25, 0.3) is 0 Å². The van der Waals surface area contributed by atoms with E-state index in [2.05, 4.69) is 12.1 Å². The van der Waals surface area contributed by atoms with Crippen LogP contribution in [0.25, 0.3) is 11.1 Å². The van der Waals surface area contributed by atoms with Crippen molar-refractivity contribution < 1.29 is 9.09 Å². The molecule has 0 N–H and O–H groups in total. The Balaban J connectivity index is 2.27. The molecule has 0 saturated heterocycles. The summed E-state index contributed by atoms with van der Waals surface area (Å²) < 4.78 is 17.2. The first-order valence-corrected chi connectivity index (χ1v) is 6.98. The standard InChI is InChI=1S/C14H13O2P/c1-16-17(15)14-12-8-4-2-6-10(12)11-7-3-5-9-13(11)14/h2-9,14,17H,1H3. The van der Waals surface area contributed by atoms with Crippen molar-refractivity contribution in [3.8, 4) is 11.1 Å². The average molecular weight is 244 g/mol. The molecule has 86 valence electrons. The van der Waals surface area contributed by atoms with Crippen molar-refractivity contribution in [2.45, 2.75) is 5.66 Å². The molecule has 1 atom stereocenters. The van der Waals surface area contributed by atoms with Crippen molar-refractivity contribution in [3.05, 3.63) is 59.7 Å². The maximum absolute atomic E-state index is 12.1. The Bertz CT molecular complexity index is 547. The van der Waals surface area contributed by atoms with Gasteiger partial charge in [0, 0.05) is 7.11 Å². The first-order chi connectivity index (χ1) is 8.33. The summed E-state index contributed by atoms with van der Waals surface area (Å²) in [5, 5.41) is 0. The Morgan fingerprint density at radius 2 is 1.41 bits per heavy atom. The molecule has 0 radical (unpaired) electrons. The summed E-state index contributed by atoms with van der Waals surface area (Å²) in [6.45, 7) is 0. The molecule has 0 aliphatic heterocycles. The van der Waals surface area contributed by atoms with E-state index in [0.717, 1.165) is 11.1 Å². The van der Waals surface area contributed by atoms with Gasteiger partial charge >= 0.3 is 0 Å². The SMILES string of the molecule is CO[PH](=O)C1c2ccccc2-c2ccccc21. The molecule has 2 nitrogen and oxygen atoms in total. The fourth-order valence-corrected chi connectivity index (χ4v) is 3.77. The van der Waals surface area contributed by atoms with Gasteiger partial charge in [-0.1, -0.05) is 48.5 Å². The quantitative estimate of drug-likeness (QED) is 0.749. The molecule has 2 aromatic carbocycles. The van der Waals surface area contributed by atoms with Crippen LogP contribution in [0.15, 0.2) is 48.5 Å². The van der Waals surface area contributed by atoms with E-state index >= 15 is 0 Å². The summed E-state index contributed by atoms with van der Waals surface area (Å²) in [5.74, 6) is 0. The molecule has 3 rings (SSSR count). The Morgan fingerprint density at radius 1 is 0.941 bits per heavy atom. The third-order valence-corrected chi connectivity index (χ3v) is 4.77. The molecule has 3 heteroatoms. The van der Waals surface area contributed by atoms with Gasteiger partial charge in [0.05, 0.1) is 5.66 Å². The van der Waals surface area contributed by atoms with E-state index in [4.69, 9.17) is 4.52 Å². The second-order valence-electron chi connectivity index (χ2n) is 4.13. The lowest BCUT2D eigenvalue weighted by Gasteiger charge is -2.11. The molecule has 17 heavy (non-hydrogen) atoms. The van der Waals surface area contributed by atoms with Crippen LogP contribution in [0.3, 0.4) is 0 Å². The van der Waals surface area contributed by atoms with Gasteiger partial charge in [-0.3, -0.25) is 4.57 Å². The summed E-state index contributed by atoms with van der Waals surface area (Å²) >= 11 is 0. The highest BCUT2D eigenvalue weighted by molar-refractivity contribution is 7.40. The summed E-state index contributed by atoms with van der Waals surface area (Å²) in [6.07, 6.45) is 0. The van der Waals surface area contributed by atoms with Crippen LogP contribution in [0, 0.1) is 0 Å². The summed E-state index contributed by atoms with van der Waals surface area (Å²) in [4.78, 5) is 0. The zero-order valence-electron chi connectivity index (χ0n) is 9.51. The van der Waals surface area contributed by atoms with Crippen LogP contribution < -0.4 is 0 Å². The van der Waals surface area contributed by atoms with Crippen LogP contribution in [0.2, 0.25) is 0 Å². The lowest BCUT2D eigenvalue weighted by atomic mass is 10.1. The zero-order valence-corrected chi connectivity index (χ0v) is 10.5. The number of benzene rings is 2. The third kappa shape index (κ3) is 1.56. The highest BCUT2D eigenvalue weighted by Crippen LogP contribution is 2.55. The Kier molecular flexibility index (Phi) is 2.62. The normalized spacial score (nSPS) is 15.4. The number of hydrogen-bond donors (Lipinski definition) is 0. The van der Waals surface area contributed by atoms with E-state index < -0.39 is 8.03 Å². The van der Waals surface area contributed by atoms with E-state index in [9.17, 15) is 4.57 Å². The largest absolute Gasteiger partial charge is 0.333 e. The molecule has 1 unspecified atom stereocenters. The molecule has 0 aromatic heterocycles. The predicted molar refractivity (Wildman–Crippen MR) is 69.7 cm³/mol. The fraction of sp³-hybridized carbons (Fsp3) is 0.143. The van der Waals surface area contributed by atoms with E-state index in [1.54, 1.807) is 0 Å². The molecular formula is C14H13O2P. The van der Waals surface area contributed by atoms with Gasteiger partial charge in [-0.25, -0.2) is 0 Å². The van der Waals surface area contributed by atoms with Gasteiger partial charge in [-0.15, -0.1) is 0 Å². The van der Waals surface area contributed by atoms with Crippen molar-refractivity contribution >= 4 is 8.03 Å². The molecule has 0 heterocycles. The average Bonchev–Trinajstić information content (AvgIpc) is 2.72. The lowest BCUT2D eigenvalue weighted by Crippen LogP contribution is -1.91. The molecule has 0 saturated carbocycles. The van der Waals surface area contributed by atoms with Crippen LogP contribution in [0.4, 0.5) is 0 Å². The van der Waals surface area contributed by atoms with Gasteiger partial charge in [0.15, 0.2) is 0 Å². The third-order valence-electron chi connectivity index (χ3n) is 3.27. The van der Waals surface area contributed by atoms with Gasteiger partial charge in [0.2, 0.25) is 8.03 Å². The molecule has 0 bridgehead atoms. The summed E-state index contributed by atoms with van der Waals surface area (Å²) in [6, 6.07) is 16.3. The minimum atomic E-state index is -2.08. The predicted octanol–water partition coefficient (Wildman–Crippen LogP) is 3.88. The molecule has 0 fully saturated rings. The van der Waals surface area contributed by atoms with Crippen molar-refractivity contribution in [1.82, 2.24) is 0 Å². The highest BCUT2D eigenvalue weighted by Gasteiger charge is 2.32. The first kappa shape index (κ1) is 10.8. The van der Waals surface area contributed by atoms with E-state index in [1.165, 1.54) is 18.2 Å². The highest BCUT2D eigenvalue weighted by atomic mass is 31.1. The second kappa shape index (κ2) is 4.14. The molecular weight excluding hydrogens is 231 g/mol. The van der Waals surface area contributed by atoms with Crippen molar-refractivity contribution in [2.75, 3.05) is 7.11 Å². The molecule has 2 aromatic rings. The Morgan fingerprint density at radius 3 is 1.88 bits per heavy atom. The van der Waals surface area contributed by atoms with Gasteiger partial charge in [0.1, 0.15) is 0 Å². The number of hydrogen-bond acceptors (Lipinski definition) is 2. The maximum atomic E-state index is 12.1. The minimum Gasteiger partial charge on any atom is -0.333 e. The Labute approximate surface area is 101 Å². The van der Waals surface area contributed by atoms with E-state index in [-0.39, 0.29) is 5.66 Å². The summed E-state index contributed by atoms with van der Waals surface area (Å²) in [7, 11) is -0.562. The van der Waals surface area contributed by atoms with Crippen LogP contribution in [0.1, 0.15) is 16.8 Å². The van der Waals surface area contributed by atoms with Crippen molar-refractivity contribution in [2.24, 2.45) is 0 Å². The zero-order chi connectivity index (χ0) is 11.8. The van der Waals surface area contributed by atoms with Crippen molar-refractivity contribution in [3.63, 3.8) is 0 Å². The van der Waals surface area contributed by atoms with Gasteiger partial charge in [-0.2, -0.15) is 0 Å². The fourth-order valence-electron chi connectivity index (χ4n) is 2.53. The van der Waals surface area contributed by atoms with Gasteiger partial charge in [-0.05, 0) is 22.3 Å². The Hall–Kier alpha value is -1.37. The van der Waals surface area contributed by atoms with Crippen LogP contribution >= 0.6 is 8.03 Å². The monoisotopic (exact) mass is 244 g/mol. The van der Waals surface area contributed by atoms with Crippen LogP contribution in [0.5, 0.6) is 0 Å². The van der Waals surface area contributed by atoms with Crippen LogP contribution in [-0.4, -0.2) is 7.11 Å². The van der Waals surface area contributed by atoms with Crippen molar-refractivity contribution in [1.29, 1.82) is 0 Å². The summed E-state index contributed by atoms with van der Waals surface area (Å²) in [5.41, 5.74) is 4.53. The molecule has 0 amide bonds. The van der Waals surface area contributed by atoms with E-state index in [0.29, 0.717) is 0 Å². The number of fused-ring (bicyclic) bond motifs is 3. The first-order valence-electron chi connectivity index (χ1n) is 5.59. The van der Waals surface area contributed by atoms with E-state index in [1.807, 2.05) is 36.4 Å².